The van der Waals surface area contributed by atoms with E-state index >= 15 is 0 Å². The Bertz CT molecular complexity index is 317. The molecule has 1 saturated heterocycles. The van der Waals surface area contributed by atoms with Crippen LogP contribution in [0.4, 0.5) is 0 Å². The predicted molar refractivity (Wildman–Crippen MR) is 69.1 cm³/mol. The first-order valence-corrected chi connectivity index (χ1v) is 6.44. The van der Waals surface area contributed by atoms with Crippen LogP contribution >= 0.6 is 0 Å². The highest BCUT2D eigenvalue weighted by molar-refractivity contribution is 5.86. The summed E-state index contributed by atoms with van der Waals surface area (Å²) in [6, 6.07) is -0.162. The summed E-state index contributed by atoms with van der Waals surface area (Å²) in [6.45, 7) is 7.79. The maximum Gasteiger partial charge on any atom is 0.307 e. The van der Waals surface area contributed by atoms with Crippen LogP contribution in [0, 0.1) is 5.92 Å². The second kappa shape index (κ2) is 6.18. The van der Waals surface area contributed by atoms with Gasteiger partial charge in [0.15, 0.2) is 0 Å². The van der Waals surface area contributed by atoms with Crippen molar-refractivity contribution in [3.05, 3.63) is 0 Å². The highest BCUT2D eigenvalue weighted by Gasteiger charge is 2.36. The van der Waals surface area contributed by atoms with E-state index < -0.39 is 6.04 Å². The largest absolute Gasteiger partial charge is 0.469 e. The molecule has 2 atom stereocenters. The molecular weight excluding hydrogens is 232 g/mol. The van der Waals surface area contributed by atoms with Crippen LogP contribution in [-0.2, 0) is 14.3 Å². The first-order valence-electron chi connectivity index (χ1n) is 6.44. The zero-order chi connectivity index (χ0) is 13.9. The van der Waals surface area contributed by atoms with Gasteiger partial charge < -0.3 is 9.64 Å². The van der Waals surface area contributed by atoms with Gasteiger partial charge in [0.2, 0.25) is 5.91 Å². The molecule has 0 saturated carbocycles. The lowest BCUT2D eigenvalue weighted by Gasteiger charge is -2.32. The van der Waals surface area contributed by atoms with Crippen LogP contribution in [0.5, 0.6) is 0 Å². The summed E-state index contributed by atoms with van der Waals surface area (Å²) in [7, 11) is 3.16. The lowest BCUT2D eigenvalue weighted by molar-refractivity contribution is -0.147. The third kappa shape index (κ3) is 3.45. The lowest BCUT2D eigenvalue weighted by Crippen LogP contribution is -2.49. The molecule has 0 aliphatic carbocycles. The van der Waals surface area contributed by atoms with Crippen LogP contribution in [0.15, 0.2) is 0 Å². The minimum atomic E-state index is -0.396. The minimum absolute atomic E-state index is 0.0125. The summed E-state index contributed by atoms with van der Waals surface area (Å²) in [4.78, 5) is 27.6. The van der Waals surface area contributed by atoms with Gasteiger partial charge in [-0.25, -0.2) is 0 Å². The van der Waals surface area contributed by atoms with Gasteiger partial charge in [-0.2, -0.15) is 0 Å². The van der Waals surface area contributed by atoms with Crippen molar-refractivity contribution < 1.29 is 14.3 Å². The quantitative estimate of drug-likeness (QED) is 0.699. The molecule has 0 aromatic heterocycles. The highest BCUT2D eigenvalue weighted by atomic mass is 16.5. The third-order valence-electron chi connectivity index (χ3n) is 3.42. The molecule has 0 radical (unpaired) electrons. The van der Waals surface area contributed by atoms with Gasteiger partial charge in [0.1, 0.15) is 6.04 Å². The zero-order valence-corrected chi connectivity index (χ0v) is 12.0. The molecule has 2 unspecified atom stereocenters. The molecule has 5 heteroatoms. The average Bonchev–Trinajstić information content (AvgIpc) is 2.40. The Morgan fingerprint density at radius 2 is 2.06 bits per heavy atom. The van der Waals surface area contributed by atoms with E-state index in [1.54, 1.807) is 11.9 Å². The molecule has 0 aromatic rings. The molecule has 1 aliphatic rings. The molecule has 104 valence electrons. The number of hydrogen-bond acceptors (Lipinski definition) is 4. The maximum atomic E-state index is 12.3. The number of hydrogen-bond donors (Lipinski definition) is 0. The molecule has 5 nitrogen and oxygen atoms in total. The summed E-state index contributed by atoms with van der Waals surface area (Å²) >= 11 is 0. The van der Waals surface area contributed by atoms with Crippen molar-refractivity contribution in [2.75, 3.05) is 27.2 Å². The highest BCUT2D eigenvalue weighted by Crippen LogP contribution is 2.19. The molecule has 1 fully saturated rings. The number of carbonyl (C=O) groups is 2. The van der Waals surface area contributed by atoms with Crippen molar-refractivity contribution in [3.8, 4) is 0 Å². The Kier molecular flexibility index (Phi) is 5.14. The summed E-state index contributed by atoms with van der Waals surface area (Å²) < 4.78 is 4.70. The zero-order valence-electron chi connectivity index (χ0n) is 12.0. The molecule has 1 amide bonds. The maximum absolute atomic E-state index is 12.3. The predicted octanol–water partition coefficient (Wildman–Crippen LogP) is 0.737. The first-order chi connectivity index (χ1) is 8.36. The molecule has 1 heterocycles. The second-order valence-electron chi connectivity index (χ2n) is 5.41. The van der Waals surface area contributed by atoms with Gasteiger partial charge in [-0.15, -0.1) is 0 Å². The van der Waals surface area contributed by atoms with E-state index in [0.717, 1.165) is 13.1 Å². The number of nitrogens with zero attached hydrogens (tertiary/aromatic N) is 2. The van der Waals surface area contributed by atoms with Crippen LogP contribution in [0.2, 0.25) is 0 Å². The van der Waals surface area contributed by atoms with Crippen LogP contribution in [0.3, 0.4) is 0 Å². The van der Waals surface area contributed by atoms with Gasteiger partial charge >= 0.3 is 5.97 Å². The number of rotatable bonds is 3. The van der Waals surface area contributed by atoms with Crippen LogP contribution in [0.25, 0.3) is 0 Å². The third-order valence-corrected chi connectivity index (χ3v) is 3.42. The molecule has 0 aromatic carbocycles. The Labute approximate surface area is 109 Å². The Balaban J connectivity index is 2.94. The van der Waals surface area contributed by atoms with Gasteiger partial charge in [-0.3, -0.25) is 14.5 Å². The number of ether oxygens (including phenoxy) is 1. The molecule has 0 spiro atoms. The van der Waals surface area contributed by atoms with Crippen LogP contribution in [0.1, 0.15) is 27.2 Å². The standard InChI is InChI=1S/C13H24N2O3/c1-9(2)15-8-10(3)7-14(4)13(17)11(15)6-12(16)18-5/h9-11H,6-8H2,1-5H3. The molecule has 18 heavy (non-hydrogen) atoms. The summed E-state index contributed by atoms with van der Waals surface area (Å²) in [5, 5.41) is 0. The van der Waals surface area contributed by atoms with Crippen molar-refractivity contribution in [2.45, 2.75) is 39.3 Å². The van der Waals surface area contributed by atoms with Crippen molar-refractivity contribution in [1.29, 1.82) is 0 Å². The van der Waals surface area contributed by atoms with Crippen LogP contribution < -0.4 is 0 Å². The Morgan fingerprint density at radius 3 is 2.56 bits per heavy atom. The normalized spacial score (nSPS) is 26.3. The monoisotopic (exact) mass is 256 g/mol. The van der Waals surface area contributed by atoms with E-state index in [0.29, 0.717) is 5.92 Å². The minimum Gasteiger partial charge on any atom is -0.469 e. The fourth-order valence-electron chi connectivity index (χ4n) is 2.52. The molecule has 0 bridgehead atoms. The Morgan fingerprint density at radius 1 is 1.44 bits per heavy atom. The summed E-state index contributed by atoms with van der Waals surface area (Å²) in [5.74, 6) is 0.0874. The van der Waals surface area contributed by atoms with Gasteiger partial charge in [0, 0.05) is 26.2 Å². The lowest BCUT2D eigenvalue weighted by atomic mass is 10.1. The number of likely N-dealkylation sites (N-methyl/N-ethyl adjacent to an activating group) is 1. The van der Waals surface area contributed by atoms with Crippen molar-refractivity contribution in [3.63, 3.8) is 0 Å². The van der Waals surface area contributed by atoms with E-state index in [1.807, 2.05) is 0 Å². The van der Waals surface area contributed by atoms with Gasteiger partial charge in [-0.1, -0.05) is 6.92 Å². The first kappa shape index (κ1) is 15.0. The molecule has 1 aliphatic heterocycles. The van der Waals surface area contributed by atoms with Crippen LogP contribution in [-0.4, -0.2) is 61.0 Å². The molecular formula is C13H24N2O3. The average molecular weight is 256 g/mol. The number of amides is 1. The molecule has 1 rings (SSSR count). The van der Waals surface area contributed by atoms with Gasteiger partial charge in [0.05, 0.1) is 13.5 Å². The second-order valence-corrected chi connectivity index (χ2v) is 5.41. The van der Waals surface area contributed by atoms with Gasteiger partial charge in [-0.05, 0) is 19.8 Å². The van der Waals surface area contributed by atoms with Crippen molar-refractivity contribution >= 4 is 11.9 Å². The van der Waals surface area contributed by atoms with E-state index in [1.165, 1.54) is 7.11 Å². The topological polar surface area (TPSA) is 49.9 Å². The van der Waals surface area contributed by atoms with E-state index in [2.05, 4.69) is 25.7 Å². The fraction of sp³-hybridized carbons (Fsp3) is 0.846. The smallest absolute Gasteiger partial charge is 0.307 e. The van der Waals surface area contributed by atoms with Gasteiger partial charge in [0.25, 0.3) is 0 Å². The SMILES string of the molecule is COC(=O)CC1C(=O)N(C)CC(C)CN1C(C)C. The summed E-state index contributed by atoms with van der Waals surface area (Å²) in [5.41, 5.74) is 0. The number of methoxy groups -OCH3 is 1. The van der Waals surface area contributed by atoms with E-state index in [4.69, 9.17) is 4.74 Å². The summed E-state index contributed by atoms with van der Waals surface area (Å²) in [6.07, 6.45) is 0.130. The Hall–Kier alpha value is -1.10. The van der Waals surface area contributed by atoms with Crippen molar-refractivity contribution in [1.82, 2.24) is 9.80 Å². The number of esters is 1. The molecule has 0 N–H and O–H groups in total. The van der Waals surface area contributed by atoms with Crippen molar-refractivity contribution in [2.24, 2.45) is 5.92 Å². The number of carbonyl (C=O) groups excluding carboxylic acids is 2. The fourth-order valence-corrected chi connectivity index (χ4v) is 2.52. The van der Waals surface area contributed by atoms with E-state index in [9.17, 15) is 9.59 Å². The van der Waals surface area contributed by atoms with E-state index in [-0.39, 0.29) is 24.3 Å².